The third kappa shape index (κ3) is 3.61. The Kier molecular flexibility index (Phi) is 5.48. The van der Waals surface area contributed by atoms with Crippen LogP contribution in [-0.2, 0) is 20.9 Å². The van der Waals surface area contributed by atoms with E-state index in [4.69, 9.17) is 9.47 Å². The molecule has 0 spiro atoms. The van der Waals surface area contributed by atoms with Crippen molar-refractivity contribution in [1.29, 1.82) is 0 Å². The van der Waals surface area contributed by atoms with Crippen LogP contribution in [0, 0.1) is 40.4 Å². The fraction of sp³-hybridized carbons (Fsp3) is 0.700. The van der Waals surface area contributed by atoms with Crippen molar-refractivity contribution in [2.45, 2.75) is 84.3 Å². The number of allylic oxidation sites excluding steroid dienone is 2. The van der Waals surface area contributed by atoms with Gasteiger partial charge in [0.1, 0.15) is 0 Å². The van der Waals surface area contributed by atoms with Gasteiger partial charge in [0.2, 0.25) is 0 Å². The Morgan fingerprint density at radius 1 is 1.03 bits per heavy atom. The van der Waals surface area contributed by atoms with Crippen LogP contribution in [-0.4, -0.2) is 18.7 Å². The first kappa shape index (κ1) is 21.9. The molecule has 0 amide bonds. The van der Waals surface area contributed by atoms with Crippen molar-refractivity contribution in [3.63, 3.8) is 0 Å². The molecule has 8 atom stereocenters. The second-order valence-corrected chi connectivity index (χ2v) is 12.3. The standard InChI is InChI=1S/C30H40O3/c1-29-14-12-23(32-18-20-6-4-3-5-7-20)17-22(29)8-9-24-26-11-10-25(21-16-28(31)33-19-21)30(26,2)15-13-27(24)29/h3-7,11,21-25,27H,8-10,12-19H2,1-2H3/t21?,22-,23?,24?,25?,27?,29?,30?/m0/s1. The van der Waals surface area contributed by atoms with E-state index in [1.54, 1.807) is 5.57 Å². The summed E-state index contributed by atoms with van der Waals surface area (Å²) >= 11 is 0. The number of ether oxygens (including phenoxy) is 2. The fourth-order valence-electron chi connectivity index (χ4n) is 9.02. The van der Waals surface area contributed by atoms with E-state index >= 15 is 0 Å². The molecule has 0 bridgehead atoms. The van der Waals surface area contributed by atoms with E-state index in [-0.39, 0.29) is 5.97 Å². The molecule has 4 fully saturated rings. The first-order chi connectivity index (χ1) is 16.0. The monoisotopic (exact) mass is 448 g/mol. The van der Waals surface area contributed by atoms with Gasteiger partial charge in [-0.1, -0.05) is 55.8 Å². The predicted molar refractivity (Wildman–Crippen MR) is 129 cm³/mol. The molecule has 1 aliphatic heterocycles. The highest BCUT2D eigenvalue weighted by molar-refractivity contribution is 5.71. The van der Waals surface area contributed by atoms with Crippen molar-refractivity contribution >= 4 is 5.97 Å². The Morgan fingerprint density at radius 3 is 2.67 bits per heavy atom. The van der Waals surface area contributed by atoms with Gasteiger partial charge in [-0.15, -0.1) is 0 Å². The van der Waals surface area contributed by atoms with E-state index in [9.17, 15) is 4.79 Å². The predicted octanol–water partition coefficient (Wildman–Crippen LogP) is 6.71. The largest absolute Gasteiger partial charge is 0.465 e. The molecule has 1 saturated heterocycles. The zero-order valence-corrected chi connectivity index (χ0v) is 20.4. The summed E-state index contributed by atoms with van der Waals surface area (Å²) in [5.41, 5.74) is 3.81. The quantitative estimate of drug-likeness (QED) is 0.379. The van der Waals surface area contributed by atoms with Crippen LogP contribution >= 0.6 is 0 Å². The number of hydrogen-bond donors (Lipinski definition) is 0. The lowest BCUT2D eigenvalue weighted by molar-refractivity contribution is -0.137. The fourth-order valence-corrected chi connectivity index (χ4v) is 9.02. The number of cyclic esters (lactones) is 1. The van der Waals surface area contributed by atoms with E-state index in [1.165, 1.54) is 50.5 Å². The zero-order chi connectivity index (χ0) is 22.6. The molecule has 5 aliphatic rings. The smallest absolute Gasteiger partial charge is 0.306 e. The Labute approximate surface area is 199 Å². The Hall–Kier alpha value is -1.61. The molecule has 0 N–H and O–H groups in total. The lowest BCUT2D eigenvalue weighted by Gasteiger charge is -2.60. The molecule has 0 radical (unpaired) electrons. The van der Waals surface area contributed by atoms with Gasteiger partial charge in [-0.2, -0.15) is 0 Å². The highest BCUT2D eigenvalue weighted by Crippen LogP contribution is 2.67. The van der Waals surface area contributed by atoms with Gasteiger partial charge in [0.25, 0.3) is 0 Å². The summed E-state index contributed by atoms with van der Waals surface area (Å²) in [7, 11) is 0. The first-order valence-electron chi connectivity index (χ1n) is 13.5. The van der Waals surface area contributed by atoms with Gasteiger partial charge in [-0.3, -0.25) is 4.79 Å². The summed E-state index contributed by atoms with van der Waals surface area (Å²) in [4.78, 5) is 11.8. The van der Waals surface area contributed by atoms with Crippen molar-refractivity contribution in [3.05, 3.63) is 47.5 Å². The molecule has 6 rings (SSSR count). The maximum Gasteiger partial charge on any atom is 0.306 e. The summed E-state index contributed by atoms with van der Waals surface area (Å²) in [5, 5.41) is 0. The SMILES string of the molecule is CC12CCC3C(CC[C@H]4CC(OCc5ccccc5)CCC34C)C1=CCC2C1COC(=O)C1. The highest BCUT2D eigenvalue weighted by Gasteiger charge is 2.58. The molecule has 7 unspecified atom stereocenters. The number of carbonyl (C=O) groups excluding carboxylic acids is 1. The summed E-state index contributed by atoms with van der Waals surface area (Å²) in [6.45, 7) is 6.55. The lowest BCUT2D eigenvalue weighted by atomic mass is 9.45. The Bertz CT molecular complexity index is 922. The van der Waals surface area contributed by atoms with Gasteiger partial charge >= 0.3 is 5.97 Å². The second-order valence-electron chi connectivity index (χ2n) is 12.3. The van der Waals surface area contributed by atoms with Crippen LogP contribution in [0.3, 0.4) is 0 Å². The maximum absolute atomic E-state index is 11.8. The normalized spacial score (nSPS) is 44.4. The van der Waals surface area contributed by atoms with E-state index in [0.717, 1.165) is 30.8 Å². The van der Waals surface area contributed by atoms with Crippen LogP contribution in [0.1, 0.15) is 77.2 Å². The van der Waals surface area contributed by atoms with E-state index in [0.29, 0.717) is 41.8 Å². The van der Waals surface area contributed by atoms with Gasteiger partial charge in [-0.05, 0) is 91.4 Å². The molecule has 0 aromatic heterocycles. The lowest BCUT2D eigenvalue weighted by Crippen LogP contribution is -2.52. The minimum absolute atomic E-state index is 0.0185. The number of esters is 1. The van der Waals surface area contributed by atoms with E-state index < -0.39 is 0 Å². The van der Waals surface area contributed by atoms with Crippen molar-refractivity contribution in [1.82, 2.24) is 0 Å². The van der Waals surface area contributed by atoms with Gasteiger partial charge < -0.3 is 9.47 Å². The minimum Gasteiger partial charge on any atom is -0.465 e. The topological polar surface area (TPSA) is 35.5 Å². The first-order valence-corrected chi connectivity index (χ1v) is 13.5. The van der Waals surface area contributed by atoms with Gasteiger partial charge in [0.05, 0.1) is 25.7 Å². The Morgan fingerprint density at radius 2 is 1.88 bits per heavy atom. The average molecular weight is 449 g/mol. The summed E-state index contributed by atoms with van der Waals surface area (Å²) in [5.74, 6) is 3.44. The van der Waals surface area contributed by atoms with E-state index in [1.807, 2.05) is 0 Å². The van der Waals surface area contributed by atoms with E-state index in [2.05, 4.69) is 50.3 Å². The molecule has 33 heavy (non-hydrogen) atoms. The molecule has 4 aliphatic carbocycles. The van der Waals surface area contributed by atoms with Crippen LogP contribution in [0.25, 0.3) is 0 Å². The van der Waals surface area contributed by atoms with Gasteiger partial charge in [0, 0.05) is 5.92 Å². The van der Waals surface area contributed by atoms with Crippen LogP contribution < -0.4 is 0 Å². The molecule has 1 aromatic rings. The number of hydrogen-bond acceptors (Lipinski definition) is 3. The summed E-state index contributed by atoms with van der Waals surface area (Å²) in [6.07, 6.45) is 14.0. The maximum atomic E-state index is 11.8. The number of benzene rings is 1. The van der Waals surface area contributed by atoms with Gasteiger partial charge in [-0.25, -0.2) is 0 Å². The summed E-state index contributed by atoms with van der Waals surface area (Å²) < 4.78 is 11.8. The highest BCUT2D eigenvalue weighted by atomic mass is 16.5. The molecule has 3 nitrogen and oxygen atoms in total. The number of rotatable bonds is 4. The van der Waals surface area contributed by atoms with Gasteiger partial charge in [0.15, 0.2) is 0 Å². The average Bonchev–Trinajstić information content (AvgIpc) is 3.40. The molecule has 1 aromatic carbocycles. The summed E-state index contributed by atoms with van der Waals surface area (Å²) in [6, 6.07) is 10.6. The van der Waals surface area contributed by atoms with Crippen molar-refractivity contribution < 1.29 is 14.3 Å². The van der Waals surface area contributed by atoms with Crippen LogP contribution in [0.15, 0.2) is 42.0 Å². The molecule has 178 valence electrons. The minimum atomic E-state index is 0.0185. The van der Waals surface area contributed by atoms with Crippen molar-refractivity contribution in [2.75, 3.05) is 6.61 Å². The van der Waals surface area contributed by atoms with Crippen LogP contribution in [0.4, 0.5) is 0 Å². The number of carbonyl (C=O) groups is 1. The second kappa shape index (κ2) is 8.26. The third-order valence-corrected chi connectivity index (χ3v) is 10.9. The molecule has 1 heterocycles. The Balaban J connectivity index is 1.14. The zero-order valence-electron chi connectivity index (χ0n) is 20.4. The van der Waals surface area contributed by atoms with Crippen molar-refractivity contribution in [3.8, 4) is 0 Å². The van der Waals surface area contributed by atoms with Crippen molar-refractivity contribution in [2.24, 2.45) is 40.4 Å². The molecular formula is C30H40O3. The molecule has 3 saturated carbocycles. The third-order valence-electron chi connectivity index (χ3n) is 10.9. The number of fused-ring (bicyclic) bond motifs is 5. The van der Waals surface area contributed by atoms with Crippen LogP contribution in [0.2, 0.25) is 0 Å². The molecular weight excluding hydrogens is 408 g/mol. The van der Waals surface area contributed by atoms with Crippen LogP contribution in [0.5, 0.6) is 0 Å². The molecule has 3 heteroatoms.